The molecule has 0 atom stereocenters. The van der Waals surface area contributed by atoms with Gasteiger partial charge >= 0.3 is 142 Å². The van der Waals surface area contributed by atoms with Gasteiger partial charge in [0.15, 0.2) is 0 Å². The molecule has 19 heavy (non-hydrogen) atoms. The molecular formula is C12H8Cl2I2O2Zr. The molecule has 2 nitrogen and oxygen atoms in total. The molecular weight excluding hydrogens is 592 g/mol. The van der Waals surface area contributed by atoms with Crippen LogP contribution in [-0.2, 0) is 24.1 Å². The van der Waals surface area contributed by atoms with E-state index in [2.05, 4.69) is 45.2 Å². The van der Waals surface area contributed by atoms with Crippen LogP contribution in [0.4, 0.5) is 0 Å². The Morgan fingerprint density at radius 1 is 0.684 bits per heavy atom. The van der Waals surface area contributed by atoms with E-state index in [4.69, 9.17) is 5.63 Å². The average Bonchev–Trinajstić information content (AvgIpc) is 2.34. The van der Waals surface area contributed by atoms with Crippen LogP contribution in [0.15, 0.2) is 48.5 Å². The van der Waals surface area contributed by atoms with Crippen molar-refractivity contribution < 1.29 is 54.6 Å². The Morgan fingerprint density at radius 3 is 1.42 bits per heavy atom. The van der Waals surface area contributed by atoms with Crippen molar-refractivity contribution in [3.05, 3.63) is 55.7 Å². The van der Waals surface area contributed by atoms with E-state index in [1.807, 2.05) is 48.5 Å². The first-order valence-corrected chi connectivity index (χ1v) is 9.01. The fourth-order valence-electron chi connectivity index (χ4n) is 1.17. The Hall–Kier alpha value is 0.963. The van der Waals surface area contributed by atoms with Crippen LogP contribution in [0.1, 0.15) is 0 Å². The first kappa shape index (κ1) is 20.0. The molecule has 0 aromatic heterocycles. The normalized spacial score (nSPS) is 8.53. The molecule has 2 aromatic rings. The van der Waals surface area contributed by atoms with Crippen LogP contribution in [0, 0.1) is 7.14 Å². The van der Waals surface area contributed by atoms with Gasteiger partial charge in [-0.1, -0.05) is 0 Å². The molecule has 0 aliphatic carbocycles. The minimum atomic E-state index is -1.32. The van der Waals surface area contributed by atoms with Crippen LogP contribution in [0.2, 0.25) is 0 Å². The third kappa shape index (κ3) is 6.50. The molecule has 0 radical (unpaired) electrons. The van der Waals surface area contributed by atoms with Crippen LogP contribution in [0.25, 0.3) is 0 Å². The predicted octanol–water partition coefficient (Wildman–Crippen LogP) is -1.73. The molecule has 0 aliphatic rings. The molecule has 0 spiro atoms. The number of hydrogen-bond acceptors (Lipinski definition) is 2. The van der Waals surface area contributed by atoms with Gasteiger partial charge in [0, 0.05) is 0 Å². The Morgan fingerprint density at radius 2 is 1.05 bits per heavy atom. The summed E-state index contributed by atoms with van der Waals surface area (Å²) in [6, 6.07) is 16.0. The molecule has 2 aromatic carbocycles. The second kappa shape index (κ2) is 10.7. The van der Waals surface area contributed by atoms with Crippen molar-refractivity contribution in [1.29, 1.82) is 0 Å². The van der Waals surface area contributed by atoms with E-state index in [0.717, 1.165) is 18.6 Å². The van der Waals surface area contributed by atoms with Crippen molar-refractivity contribution in [2.75, 3.05) is 0 Å². The zero-order valence-electron chi connectivity index (χ0n) is 9.45. The summed E-state index contributed by atoms with van der Waals surface area (Å²) in [4.78, 5) is 0. The van der Waals surface area contributed by atoms with Crippen LogP contribution in [0.3, 0.4) is 0 Å². The van der Waals surface area contributed by atoms with Crippen molar-refractivity contribution in [2.45, 2.75) is 0 Å². The second-order valence-corrected chi connectivity index (χ2v) is 6.89. The molecule has 2 rings (SSSR count). The van der Waals surface area contributed by atoms with Gasteiger partial charge in [-0.15, -0.1) is 0 Å². The Balaban J connectivity index is 0.00000162. The summed E-state index contributed by atoms with van der Waals surface area (Å²) in [6.45, 7) is 0. The van der Waals surface area contributed by atoms with Crippen LogP contribution in [0.5, 0.6) is 11.5 Å². The Kier molecular flexibility index (Phi) is 11.2. The van der Waals surface area contributed by atoms with Gasteiger partial charge in [-0.2, -0.15) is 0 Å². The summed E-state index contributed by atoms with van der Waals surface area (Å²) < 4.78 is 13.7. The van der Waals surface area contributed by atoms with Gasteiger partial charge in [-0.3, -0.25) is 0 Å². The van der Waals surface area contributed by atoms with Crippen LogP contribution < -0.4 is 30.4 Å². The van der Waals surface area contributed by atoms with E-state index in [-0.39, 0.29) is 24.8 Å². The van der Waals surface area contributed by atoms with Gasteiger partial charge in [0.25, 0.3) is 0 Å². The SMILES string of the molecule is Ic1ccccc1[O][Zr+2][O]c1ccccc1I.[Cl-].[Cl-]. The van der Waals surface area contributed by atoms with Gasteiger partial charge in [0.05, 0.1) is 0 Å². The van der Waals surface area contributed by atoms with E-state index < -0.39 is 24.1 Å². The largest absolute Gasteiger partial charge is 1.00 e. The summed E-state index contributed by atoms with van der Waals surface area (Å²) >= 11 is 3.21. The third-order valence-electron chi connectivity index (χ3n) is 1.98. The maximum Gasteiger partial charge on any atom is -1.00 e. The molecule has 100 valence electrons. The summed E-state index contributed by atoms with van der Waals surface area (Å²) in [5.41, 5.74) is 0. The van der Waals surface area contributed by atoms with Crippen molar-refractivity contribution in [3.8, 4) is 11.5 Å². The molecule has 0 saturated heterocycles. The van der Waals surface area contributed by atoms with Crippen LogP contribution in [-0.4, -0.2) is 0 Å². The number of halogens is 4. The molecule has 0 fully saturated rings. The smallest absolute Gasteiger partial charge is 1.00 e. The van der Waals surface area contributed by atoms with Gasteiger partial charge < -0.3 is 24.8 Å². The average molecular weight is 600 g/mol. The molecule has 0 bridgehead atoms. The van der Waals surface area contributed by atoms with E-state index in [1.165, 1.54) is 0 Å². The number of para-hydroxylation sites is 2. The zero-order valence-corrected chi connectivity index (χ0v) is 17.7. The molecule has 0 N–H and O–H groups in total. The molecule has 0 amide bonds. The number of hydrogen-bond donors (Lipinski definition) is 0. The number of rotatable bonds is 4. The first-order chi connectivity index (χ1) is 8.27. The monoisotopic (exact) mass is 598 g/mol. The molecule has 0 unspecified atom stereocenters. The van der Waals surface area contributed by atoms with Gasteiger partial charge in [-0.25, -0.2) is 0 Å². The van der Waals surface area contributed by atoms with Gasteiger partial charge in [0.1, 0.15) is 0 Å². The fraction of sp³-hybridized carbons (Fsp3) is 0. The Bertz CT molecular complexity index is 469. The molecule has 0 saturated carbocycles. The molecule has 0 aliphatic heterocycles. The maximum atomic E-state index is 5.73. The minimum Gasteiger partial charge on any atom is -1.00 e. The van der Waals surface area contributed by atoms with Crippen molar-refractivity contribution in [3.63, 3.8) is 0 Å². The maximum absolute atomic E-state index is 5.73. The standard InChI is InChI=1S/2C6H5IO.2ClH.Zr/c2*7-5-3-1-2-4-6(5)8;;;/h2*1-4,8H;2*1H;/q;;;;+4/p-4. The van der Waals surface area contributed by atoms with Crippen LogP contribution >= 0.6 is 45.2 Å². The summed E-state index contributed by atoms with van der Waals surface area (Å²) in [5.74, 6) is 1.84. The first-order valence-electron chi connectivity index (χ1n) is 4.85. The van der Waals surface area contributed by atoms with E-state index in [0.29, 0.717) is 0 Å². The van der Waals surface area contributed by atoms with Crippen molar-refractivity contribution in [2.24, 2.45) is 0 Å². The van der Waals surface area contributed by atoms with Gasteiger partial charge in [0.2, 0.25) is 0 Å². The van der Waals surface area contributed by atoms with Crippen molar-refractivity contribution >= 4 is 45.2 Å². The summed E-state index contributed by atoms with van der Waals surface area (Å²) in [7, 11) is 0. The Labute approximate surface area is 164 Å². The molecule has 0 heterocycles. The molecule has 7 heteroatoms. The van der Waals surface area contributed by atoms with E-state index in [1.54, 1.807) is 0 Å². The zero-order chi connectivity index (χ0) is 12.1. The topological polar surface area (TPSA) is 18.5 Å². The van der Waals surface area contributed by atoms with E-state index >= 15 is 0 Å². The fourth-order valence-corrected chi connectivity index (χ4v) is 4.60. The third-order valence-corrected chi connectivity index (χ3v) is 5.25. The quantitative estimate of drug-likeness (QED) is 0.390. The summed E-state index contributed by atoms with van der Waals surface area (Å²) in [5, 5.41) is 0. The van der Waals surface area contributed by atoms with Crippen molar-refractivity contribution in [1.82, 2.24) is 0 Å². The number of benzene rings is 2. The summed E-state index contributed by atoms with van der Waals surface area (Å²) in [6.07, 6.45) is 0. The van der Waals surface area contributed by atoms with Gasteiger partial charge in [-0.05, 0) is 0 Å². The second-order valence-electron chi connectivity index (χ2n) is 3.15. The minimum absolute atomic E-state index is 0. The predicted molar refractivity (Wildman–Crippen MR) is 79.6 cm³/mol. The van der Waals surface area contributed by atoms with E-state index in [9.17, 15) is 0 Å².